The molecule has 0 amide bonds. The van der Waals surface area contributed by atoms with E-state index in [1.807, 2.05) is 13.8 Å². The smallest absolute Gasteiger partial charge is 0.205 e. The van der Waals surface area contributed by atoms with E-state index in [1.54, 1.807) is 7.11 Å². The predicted octanol–water partition coefficient (Wildman–Crippen LogP) is 3.40. The van der Waals surface area contributed by atoms with Gasteiger partial charge in [0.05, 0.1) is 0 Å². The summed E-state index contributed by atoms with van der Waals surface area (Å²) in [5.74, 6) is 0. The van der Waals surface area contributed by atoms with E-state index in [0.717, 1.165) is 24.8 Å². The first-order chi connectivity index (χ1) is 7.15. The first kappa shape index (κ1) is 13.0. The van der Waals surface area contributed by atoms with Crippen molar-refractivity contribution >= 4 is 7.37 Å². The average Bonchev–Trinajstić information content (AvgIpc) is 2.79. The third-order valence-corrected chi connectivity index (χ3v) is 5.35. The molecule has 1 unspecified atom stereocenters. The van der Waals surface area contributed by atoms with E-state index in [1.165, 1.54) is 0 Å². The summed E-state index contributed by atoms with van der Waals surface area (Å²) in [7, 11) is -0.861. The van der Waals surface area contributed by atoms with E-state index in [0.29, 0.717) is 12.3 Å². The monoisotopic (exact) mass is 232 g/mol. The molecular weight excluding hydrogens is 211 g/mol. The van der Waals surface area contributed by atoms with Gasteiger partial charge in [-0.15, -0.1) is 0 Å². The van der Waals surface area contributed by atoms with E-state index in [4.69, 9.17) is 9.26 Å². The largest absolute Gasteiger partial charge is 0.352 e. The first-order valence-corrected chi connectivity index (χ1v) is 7.63. The van der Waals surface area contributed by atoms with Crippen LogP contribution in [0.2, 0.25) is 0 Å². The highest BCUT2D eigenvalue weighted by molar-refractivity contribution is 7.58. The molecule has 0 radical (unpaired) electrons. The zero-order chi connectivity index (χ0) is 11.3. The van der Waals surface area contributed by atoms with Crippen molar-refractivity contribution in [3.05, 3.63) is 11.6 Å². The molecule has 1 aliphatic rings. The van der Waals surface area contributed by atoms with Crippen LogP contribution in [-0.2, 0) is 13.8 Å². The maximum atomic E-state index is 12.1. The fraction of sp³-hybridized carbons (Fsp3) is 0.818. The highest BCUT2D eigenvalue weighted by Crippen LogP contribution is 2.48. The molecular formula is C11H21O3P. The van der Waals surface area contributed by atoms with Gasteiger partial charge in [-0.05, 0) is 24.8 Å². The molecule has 15 heavy (non-hydrogen) atoms. The van der Waals surface area contributed by atoms with E-state index in [-0.39, 0.29) is 0 Å². The number of allylic oxidation sites excluding steroid dienone is 1. The van der Waals surface area contributed by atoms with Crippen LogP contribution in [0, 0.1) is 0 Å². The van der Waals surface area contributed by atoms with Gasteiger partial charge in [-0.25, -0.2) is 0 Å². The third-order valence-electron chi connectivity index (χ3n) is 2.84. The second kappa shape index (κ2) is 5.83. The highest BCUT2D eigenvalue weighted by atomic mass is 31.2. The van der Waals surface area contributed by atoms with Gasteiger partial charge in [0.25, 0.3) is 0 Å². The molecule has 1 aliphatic carbocycles. The summed E-state index contributed by atoms with van der Waals surface area (Å²) in [5, 5.41) is 0. The second-order valence-electron chi connectivity index (χ2n) is 3.79. The lowest BCUT2D eigenvalue weighted by molar-refractivity contribution is -0.0240. The zero-order valence-corrected chi connectivity index (χ0v) is 10.8. The second-order valence-corrected chi connectivity index (χ2v) is 6.90. The van der Waals surface area contributed by atoms with Crippen LogP contribution in [0.1, 0.15) is 33.1 Å². The summed E-state index contributed by atoms with van der Waals surface area (Å²) >= 11 is 0. The van der Waals surface area contributed by atoms with E-state index >= 15 is 0 Å². The molecule has 0 aromatic rings. The van der Waals surface area contributed by atoms with Gasteiger partial charge >= 0.3 is 0 Å². The lowest BCUT2D eigenvalue weighted by Gasteiger charge is -2.23. The van der Waals surface area contributed by atoms with Crippen molar-refractivity contribution in [3.63, 3.8) is 0 Å². The van der Waals surface area contributed by atoms with Crippen molar-refractivity contribution in [3.8, 4) is 0 Å². The summed E-state index contributed by atoms with van der Waals surface area (Å²) < 4.78 is 23.1. The van der Waals surface area contributed by atoms with Crippen molar-refractivity contribution in [1.29, 1.82) is 0 Å². The molecule has 0 bridgehead atoms. The van der Waals surface area contributed by atoms with Crippen molar-refractivity contribution in [2.75, 3.05) is 19.4 Å². The Bertz CT molecular complexity index is 265. The van der Waals surface area contributed by atoms with Gasteiger partial charge in [-0.1, -0.05) is 19.9 Å². The van der Waals surface area contributed by atoms with Crippen LogP contribution in [0.5, 0.6) is 0 Å². The predicted molar refractivity (Wildman–Crippen MR) is 62.5 cm³/mol. The molecule has 0 N–H and O–H groups in total. The van der Waals surface area contributed by atoms with Crippen LogP contribution in [-0.4, -0.2) is 25.7 Å². The fourth-order valence-corrected chi connectivity index (χ4v) is 3.03. The molecule has 0 heterocycles. The molecule has 0 saturated heterocycles. The molecule has 0 spiro atoms. The van der Waals surface area contributed by atoms with Crippen LogP contribution in [0.4, 0.5) is 0 Å². The molecule has 4 heteroatoms. The van der Waals surface area contributed by atoms with Crippen molar-refractivity contribution in [2.24, 2.45) is 0 Å². The Morgan fingerprint density at radius 3 is 2.53 bits per heavy atom. The molecule has 1 atom stereocenters. The molecule has 3 nitrogen and oxygen atoms in total. The van der Waals surface area contributed by atoms with Gasteiger partial charge in [-0.2, -0.15) is 0 Å². The summed E-state index contributed by atoms with van der Waals surface area (Å²) in [4.78, 5) is 0. The van der Waals surface area contributed by atoms with Gasteiger partial charge < -0.3 is 4.74 Å². The molecule has 1 rings (SSSR count). The summed E-state index contributed by atoms with van der Waals surface area (Å²) in [6.07, 6.45) is 6.16. The Kier molecular flexibility index (Phi) is 5.04. The highest BCUT2D eigenvalue weighted by Gasteiger charge is 2.26. The summed E-state index contributed by atoms with van der Waals surface area (Å²) in [5.41, 5.74) is 1.15. The van der Waals surface area contributed by atoms with Gasteiger partial charge in [0.2, 0.25) is 7.37 Å². The lowest BCUT2D eigenvalue weighted by Crippen LogP contribution is -2.17. The Morgan fingerprint density at radius 1 is 1.47 bits per heavy atom. The molecule has 0 aliphatic heterocycles. The van der Waals surface area contributed by atoms with Gasteiger partial charge in [-0.3, -0.25) is 9.09 Å². The number of ether oxygens (including phenoxy) is 1. The van der Waals surface area contributed by atoms with Crippen molar-refractivity contribution in [2.45, 2.75) is 39.4 Å². The zero-order valence-electron chi connectivity index (χ0n) is 9.86. The fourth-order valence-electron chi connectivity index (χ4n) is 1.72. The van der Waals surface area contributed by atoms with Crippen LogP contribution in [0.15, 0.2) is 11.6 Å². The minimum absolute atomic E-state index is 0.391. The number of hydrogen-bond acceptors (Lipinski definition) is 3. The lowest BCUT2D eigenvalue weighted by atomic mass is 10.2. The Labute approximate surface area is 92.3 Å². The van der Waals surface area contributed by atoms with Crippen LogP contribution in [0.3, 0.4) is 0 Å². The van der Waals surface area contributed by atoms with E-state index in [2.05, 4.69) is 6.08 Å². The normalized spacial score (nSPS) is 19.0. The average molecular weight is 232 g/mol. The minimum atomic E-state index is -2.47. The van der Waals surface area contributed by atoms with Gasteiger partial charge in [0, 0.05) is 19.4 Å². The first-order valence-electron chi connectivity index (χ1n) is 5.63. The van der Waals surface area contributed by atoms with Crippen LogP contribution >= 0.6 is 7.37 Å². The Morgan fingerprint density at radius 2 is 2.13 bits per heavy atom. The topological polar surface area (TPSA) is 35.5 Å². The number of rotatable bonds is 6. The van der Waals surface area contributed by atoms with Crippen molar-refractivity contribution in [1.82, 2.24) is 0 Å². The molecule has 0 aromatic carbocycles. The Hall–Kier alpha value is -0.110. The summed E-state index contributed by atoms with van der Waals surface area (Å²) in [6.45, 7) is 3.81. The van der Waals surface area contributed by atoms with Crippen LogP contribution in [0.25, 0.3) is 0 Å². The maximum absolute atomic E-state index is 12.1. The van der Waals surface area contributed by atoms with Crippen molar-refractivity contribution < 1.29 is 13.8 Å². The molecule has 0 fully saturated rings. The van der Waals surface area contributed by atoms with E-state index in [9.17, 15) is 4.57 Å². The van der Waals surface area contributed by atoms with Crippen LogP contribution < -0.4 is 0 Å². The standard InChI is InChI=1S/C11H21O3P/c1-4-15(12,5-2)14-11(13-3)10-8-6-7-9-10/h8,11H,4-7,9H2,1-3H3. The molecule has 88 valence electrons. The van der Waals surface area contributed by atoms with E-state index < -0.39 is 13.7 Å². The van der Waals surface area contributed by atoms with Gasteiger partial charge in [0.15, 0.2) is 6.29 Å². The van der Waals surface area contributed by atoms with Gasteiger partial charge in [0.1, 0.15) is 0 Å². The SMILES string of the molecule is CCP(=O)(CC)OC(OC)C1=CCCC1. The minimum Gasteiger partial charge on any atom is -0.352 e. The number of hydrogen-bond donors (Lipinski definition) is 0. The third kappa shape index (κ3) is 3.44. The quantitative estimate of drug-likeness (QED) is 0.400. The molecule has 0 aromatic heterocycles. The number of methoxy groups -OCH3 is 1. The summed E-state index contributed by atoms with van der Waals surface area (Å²) in [6, 6.07) is 0. The maximum Gasteiger partial charge on any atom is 0.205 e. The molecule has 0 saturated carbocycles. The Balaban J connectivity index is 2.64.